The molecule has 0 spiro atoms. The van der Waals surface area contributed by atoms with Crippen LogP contribution in [-0.2, 0) is 0 Å². The number of nitrogens with two attached hydrogens (primary N) is 1. The largest absolute Gasteiger partial charge is 0.345 e. The highest BCUT2D eigenvalue weighted by molar-refractivity contribution is 5.92. The van der Waals surface area contributed by atoms with Crippen molar-refractivity contribution in [1.29, 1.82) is 0 Å². The third-order valence-electron chi connectivity index (χ3n) is 5.45. The zero-order valence-corrected chi connectivity index (χ0v) is 12.0. The molecule has 0 aliphatic heterocycles. The van der Waals surface area contributed by atoms with Gasteiger partial charge >= 0.3 is 0 Å². The van der Waals surface area contributed by atoms with Gasteiger partial charge in [0, 0.05) is 5.54 Å². The molecule has 21 heavy (non-hydrogen) atoms. The molecule has 1 aromatic heterocycles. The average Bonchev–Trinajstić information content (AvgIpc) is 2.45. The van der Waals surface area contributed by atoms with Crippen molar-refractivity contribution in [3.63, 3.8) is 0 Å². The van der Waals surface area contributed by atoms with E-state index in [0.717, 1.165) is 37.0 Å². The van der Waals surface area contributed by atoms with Crippen molar-refractivity contribution in [1.82, 2.24) is 15.3 Å². The molecule has 1 heterocycles. The number of hydrazine groups is 1. The van der Waals surface area contributed by atoms with Crippen LogP contribution in [0.2, 0.25) is 0 Å². The van der Waals surface area contributed by atoms with Crippen LogP contribution in [0.1, 0.15) is 49.0 Å². The molecule has 0 aromatic carbocycles. The maximum atomic E-state index is 12.5. The minimum absolute atomic E-state index is 0.0122. The number of amides is 1. The molecular formula is C15H21N5O. The lowest BCUT2D eigenvalue weighted by Gasteiger charge is -2.56. The molecule has 1 aromatic rings. The van der Waals surface area contributed by atoms with E-state index in [1.807, 2.05) is 0 Å². The maximum absolute atomic E-state index is 12.5. The number of aromatic nitrogens is 2. The number of hydrogen-bond donors (Lipinski definition) is 3. The summed E-state index contributed by atoms with van der Waals surface area (Å²) < 4.78 is 0. The molecule has 5 rings (SSSR count). The van der Waals surface area contributed by atoms with Crippen LogP contribution in [0.3, 0.4) is 0 Å². The SMILES string of the molecule is NNc1cnc(C(=O)NC23CC4CC(CC(C4)C2)C3)cn1. The van der Waals surface area contributed by atoms with E-state index in [4.69, 9.17) is 5.84 Å². The fourth-order valence-electron chi connectivity index (χ4n) is 5.09. The first kappa shape index (κ1) is 13.0. The molecule has 6 heteroatoms. The third kappa shape index (κ3) is 2.27. The lowest BCUT2D eigenvalue weighted by atomic mass is 9.53. The van der Waals surface area contributed by atoms with Gasteiger partial charge in [-0.25, -0.2) is 15.8 Å². The second kappa shape index (κ2) is 4.66. The van der Waals surface area contributed by atoms with E-state index >= 15 is 0 Å². The zero-order valence-electron chi connectivity index (χ0n) is 12.0. The van der Waals surface area contributed by atoms with Crippen molar-refractivity contribution in [3.05, 3.63) is 18.1 Å². The lowest BCUT2D eigenvalue weighted by Crippen LogP contribution is -2.59. The summed E-state index contributed by atoms with van der Waals surface area (Å²) in [6.45, 7) is 0. The Morgan fingerprint density at radius 1 is 1.10 bits per heavy atom. The number of nitrogens with zero attached hydrogens (tertiary/aromatic N) is 2. The van der Waals surface area contributed by atoms with Crippen molar-refractivity contribution in [2.45, 2.75) is 44.1 Å². The Labute approximate surface area is 123 Å². The van der Waals surface area contributed by atoms with E-state index in [9.17, 15) is 4.79 Å². The van der Waals surface area contributed by atoms with Gasteiger partial charge in [0.15, 0.2) is 5.82 Å². The summed E-state index contributed by atoms with van der Waals surface area (Å²) in [5, 5.41) is 3.29. The molecule has 6 nitrogen and oxygen atoms in total. The van der Waals surface area contributed by atoms with Gasteiger partial charge < -0.3 is 10.7 Å². The standard InChI is InChI=1S/C15H21N5O/c16-20-13-8-17-12(7-18-13)14(21)19-15-4-9-1-10(5-15)3-11(2-9)6-15/h7-11H,1-6,16H2,(H,18,20)(H,19,21). The topological polar surface area (TPSA) is 92.9 Å². The van der Waals surface area contributed by atoms with Gasteiger partial charge in [0.25, 0.3) is 5.91 Å². The molecule has 4 N–H and O–H groups in total. The van der Waals surface area contributed by atoms with E-state index in [1.165, 1.54) is 31.7 Å². The number of rotatable bonds is 3. The highest BCUT2D eigenvalue weighted by atomic mass is 16.2. The Morgan fingerprint density at radius 3 is 2.19 bits per heavy atom. The van der Waals surface area contributed by atoms with Crippen molar-refractivity contribution < 1.29 is 4.79 Å². The summed E-state index contributed by atoms with van der Waals surface area (Å²) in [6, 6.07) is 0. The summed E-state index contributed by atoms with van der Waals surface area (Å²) in [5.74, 6) is 8.05. The van der Waals surface area contributed by atoms with E-state index < -0.39 is 0 Å². The Balaban J connectivity index is 1.51. The molecule has 0 radical (unpaired) electrons. The van der Waals surface area contributed by atoms with Gasteiger partial charge in [0.1, 0.15) is 5.69 Å². The van der Waals surface area contributed by atoms with Crippen LogP contribution < -0.4 is 16.6 Å². The first-order valence-electron chi connectivity index (χ1n) is 7.77. The van der Waals surface area contributed by atoms with Gasteiger partial charge in [-0.05, 0) is 56.3 Å². The van der Waals surface area contributed by atoms with Crippen LogP contribution in [0.5, 0.6) is 0 Å². The smallest absolute Gasteiger partial charge is 0.271 e. The molecule has 4 aliphatic carbocycles. The second-order valence-corrected chi connectivity index (χ2v) is 7.08. The van der Waals surface area contributed by atoms with Gasteiger partial charge in [-0.15, -0.1) is 0 Å². The second-order valence-electron chi connectivity index (χ2n) is 7.08. The van der Waals surface area contributed by atoms with Gasteiger partial charge in [-0.2, -0.15) is 0 Å². The fraction of sp³-hybridized carbons (Fsp3) is 0.667. The Hall–Kier alpha value is -1.69. The number of nitrogen functional groups attached to an aromatic ring is 1. The van der Waals surface area contributed by atoms with Crippen LogP contribution in [0.25, 0.3) is 0 Å². The predicted octanol–water partition coefficient (Wildman–Crippen LogP) is 1.46. The van der Waals surface area contributed by atoms with Gasteiger partial charge in [0.05, 0.1) is 12.4 Å². The van der Waals surface area contributed by atoms with Crippen LogP contribution in [0, 0.1) is 17.8 Å². The Bertz CT molecular complexity index is 520. The quantitative estimate of drug-likeness (QED) is 0.578. The lowest BCUT2D eigenvalue weighted by molar-refractivity contribution is -0.0167. The number of anilines is 1. The van der Waals surface area contributed by atoms with E-state index in [1.54, 1.807) is 0 Å². The van der Waals surface area contributed by atoms with E-state index in [0.29, 0.717) is 11.5 Å². The molecule has 4 fully saturated rings. The number of nitrogens with one attached hydrogen (secondary N) is 2. The summed E-state index contributed by atoms with van der Waals surface area (Å²) >= 11 is 0. The monoisotopic (exact) mass is 287 g/mol. The summed E-state index contributed by atoms with van der Waals surface area (Å²) in [6.07, 6.45) is 10.5. The van der Waals surface area contributed by atoms with Crippen molar-refractivity contribution in [3.8, 4) is 0 Å². The van der Waals surface area contributed by atoms with Crippen molar-refractivity contribution in [2.24, 2.45) is 23.6 Å². The minimum Gasteiger partial charge on any atom is -0.345 e. The first-order chi connectivity index (χ1) is 10.2. The normalized spacial score (nSPS) is 36.5. The van der Waals surface area contributed by atoms with Crippen molar-refractivity contribution in [2.75, 3.05) is 5.43 Å². The molecule has 0 unspecified atom stereocenters. The fourth-order valence-corrected chi connectivity index (χ4v) is 5.09. The molecule has 0 saturated heterocycles. The zero-order chi connectivity index (χ0) is 14.4. The molecule has 4 saturated carbocycles. The Morgan fingerprint density at radius 2 is 1.71 bits per heavy atom. The Kier molecular flexibility index (Phi) is 2.89. The molecule has 112 valence electrons. The van der Waals surface area contributed by atoms with Crippen LogP contribution in [0.15, 0.2) is 12.4 Å². The van der Waals surface area contributed by atoms with Crippen LogP contribution >= 0.6 is 0 Å². The van der Waals surface area contributed by atoms with E-state index in [-0.39, 0.29) is 11.4 Å². The number of carbonyl (C=O) groups excluding carboxylic acids is 1. The summed E-state index contributed by atoms with van der Waals surface area (Å²) in [7, 11) is 0. The van der Waals surface area contributed by atoms with Gasteiger partial charge in [0.2, 0.25) is 0 Å². The number of carbonyl (C=O) groups is 1. The predicted molar refractivity (Wildman–Crippen MR) is 78.2 cm³/mol. The molecule has 4 aliphatic rings. The molecule has 1 amide bonds. The maximum Gasteiger partial charge on any atom is 0.271 e. The average molecular weight is 287 g/mol. The van der Waals surface area contributed by atoms with E-state index in [2.05, 4.69) is 20.7 Å². The van der Waals surface area contributed by atoms with Gasteiger partial charge in [-0.3, -0.25) is 4.79 Å². The van der Waals surface area contributed by atoms with Crippen LogP contribution in [0.4, 0.5) is 5.82 Å². The minimum atomic E-state index is -0.104. The highest BCUT2D eigenvalue weighted by Crippen LogP contribution is 2.55. The third-order valence-corrected chi connectivity index (χ3v) is 5.45. The molecular weight excluding hydrogens is 266 g/mol. The van der Waals surface area contributed by atoms with Crippen LogP contribution in [-0.4, -0.2) is 21.4 Å². The summed E-state index contributed by atoms with van der Waals surface area (Å²) in [5.41, 5.74) is 2.79. The van der Waals surface area contributed by atoms with Gasteiger partial charge in [-0.1, -0.05) is 0 Å². The van der Waals surface area contributed by atoms with Crippen molar-refractivity contribution >= 4 is 11.7 Å². The highest BCUT2D eigenvalue weighted by Gasteiger charge is 2.51. The first-order valence-corrected chi connectivity index (χ1v) is 7.77. The molecule has 0 atom stereocenters. The summed E-state index contributed by atoms with van der Waals surface area (Å²) in [4.78, 5) is 20.6. The molecule has 4 bridgehead atoms. The number of hydrogen-bond acceptors (Lipinski definition) is 5.